The fraction of sp³-hybridized carbons (Fsp3) is 0.368. The highest BCUT2D eigenvalue weighted by molar-refractivity contribution is 7.90. The van der Waals surface area contributed by atoms with Crippen molar-refractivity contribution in [3.63, 3.8) is 0 Å². The summed E-state index contributed by atoms with van der Waals surface area (Å²) in [5.74, 6) is -2.27. The van der Waals surface area contributed by atoms with Crippen LogP contribution in [-0.2, 0) is 29.0 Å². The van der Waals surface area contributed by atoms with E-state index in [0.717, 1.165) is 26.4 Å². The van der Waals surface area contributed by atoms with Gasteiger partial charge in [0.1, 0.15) is 17.3 Å². The number of benzene rings is 1. The van der Waals surface area contributed by atoms with Crippen LogP contribution in [0.5, 0.6) is 0 Å². The molecule has 0 radical (unpaired) electrons. The van der Waals surface area contributed by atoms with Gasteiger partial charge in [-0.2, -0.15) is 13.2 Å². The van der Waals surface area contributed by atoms with Crippen molar-refractivity contribution in [1.82, 2.24) is 25.7 Å². The quantitative estimate of drug-likeness (QED) is 0.296. The molecule has 1 heterocycles. The molecule has 19 heteroatoms. The number of nitrogens with one attached hydrogen (secondary N) is 4. The van der Waals surface area contributed by atoms with E-state index in [2.05, 4.69) is 30.1 Å². The lowest BCUT2D eigenvalue weighted by Crippen LogP contribution is -2.54. The first-order chi connectivity index (χ1) is 17.7. The summed E-state index contributed by atoms with van der Waals surface area (Å²) in [7, 11) is 0.295. The molecule has 0 aromatic heterocycles. The van der Waals surface area contributed by atoms with Crippen molar-refractivity contribution in [2.24, 2.45) is 5.10 Å². The van der Waals surface area contributed by atoms with Crippen LogP contribution < -0.4 is 20.9 Å². The molecule has 1 aromatic carbocycles. The maximum Gasteiger partial charge on any atom is 0.422 e. The second-order valence-electron chi connectivity index (χ2n) is 7.34. The number of rotatable bonds is 9. The maximum absolute atomic E-state index is 13.1. The van der Waals surface area contributed by atoms with Crippen molar-refractivity contribution in [3.8, 4) is 0 Å². The van der Waals surface area contributed by atoms with E-state index in [1.807, 2.05) is 5.43 Å². The predicted octanol–water partition coefficient (Wildman–Crippen LogP) is 0.0766. The summed E-state index contributed by atoms with van der Waals surface area (Å²) in [6.45, 7) is -2.16. The van der Waals surface area contributed by atoms with Crippen molar-refractivity contribution in [3.05, 3.63) is 35.7 Å². The van der Waals surface area contributed by atoms with Gasteiger partial charge in [0.05, 0.1) is 25.5 Å². The molecule has 1 aromatic rings. The third-order valence-electron chi connectivity index (χ3n) is 4.32. The van der Waals surface area contributed by atoms with Gasteiger partial charge in [-0.25, -0.2) is 33.6 Å². The molecule has 0 spiro atoms. The number of hydrazone groups is 1. The Morgan fingerprint density at radius 1 is 1.16 bits per heavy atom. The number of anilines is 1. The van der Waals surface area contributed by atoms with Gasteiger partial charge < -0.3 is 24.4 Å². The number of carbonyl (C=O) groups is 3. The molecule has 2 rings (SSSR count). The van der Waals surface area contributed by atoms with Crippen LogP contribution >= 0.6 is 0 Å². The number of methoxy groups -OCH3 is 2. The van der Waals surface area contributed by atoms with Gasteiger partial charge in [0.2, 0.25) is 5.90 Å². The van der Waals surface area contributed by atoms with E-state index in [4.69, 9.17) is 0 Å². The molecular formula is C19H24F3N7O8S. The van der Waals surface area contributed by atoms with Gasteiger partial charge in [-0.1, -0.05) is 11.2 Å². The second-order valence-corrected chi connectivity index (χ2v) is 8.96. The molecule has 0 unspecified atom stereocenters. The van der Waals surface area contributed by atoms with Gasteiger partial charge in [0.25, 0.3) is 10.0 Å². The summed E-state index contributed by atoms with van der Waals surface area (Å²) in [4.78, 5) is 37.0. The van der Waals surface area contributed by atoms with E-state index in [1.165, 1.54) is 31.1 Å². The molecule has 0 saturated heterocycles. The number of nitrogens with zero attached hydrogens (tertiary/aromatic N) is 3. The number of urea groups is 1. The number of halogens is 3. The fourth-order valence-corrected chi connectivity index (χ4v) is 3.95. The van der Waals surface area contributed by atoms with Gasteiger partial charge >= 0.3 is 24.1 Å². The van der Waals surface area contributed by atoms with E-state index >= 15 is 0 Å². The summed E-state index contributed by atoms with van der Waals surface area (Å²) in [5.41, 5.74) is 3.74. The molecule has 2 amide bonds. The Hall–Kier alpha value is -4.42. The molecule has 15 nitrogen and oxygen atoms in total. The van der Waals surface area contributed by atoms with E-state index in [0.29, 0.717) is 5.23 Å². The summed E-state index contributed by atoms with van der Waals surface area (Å²) in [6, 6.07) is 2.19. The maximum atomic E-state index is 13.1. The zero-order valence-corrected chi connectivity index (χ0v) is 21.2. The van der Waals surface area contributed by atoms with Gasteiger partial charge in [-0.3, -0.25) is 4.79 Å². The number of hydrogen-bond donors (Lipinski definition) is 4. The van der Waals surface area contributed by atoms with Gasteiger partial charge in [0.15, 0.2) is 6.61 Å². The Morgan fingerprint density at radius 3 is 2.42 bits per heavy atom. The molecule has 0 bridgehead atoms. The number of ether oxygens (including phenoxy) is 3. The Morgan fingerprint density at radius 2 is 1.84 bits per heavy atom. The summed E-state index contributed by atoms with van der Waals surface area (Å²) < 4.78 is 79.2. The van der Waals surface area contributed by atoms with Gasteiger partial charge in [-0.15, -0.1) is 5.23 Å². The topological polar surface area (TPSA) is 180 Å². The lowest BCUT2D eigenvalue weighted by molar-refractivity contribution is -0.156. The molecule has 210 valence electrons. The molecule has 0 aliphatic carbocycles. The highest BCUT2D eigenvalue weighted by Gasteiger charge is 2.31. The third-order valence-corrected chi connectivity index (χ3v) is 5.75. The minimum absolute atomic E-state index is 0.116. The fourth-order valence-electron chi connectivity index (χ4n) is 2.69. The number of carbonyl (C=O) groups excluding carboxylic acids is 3. The number of hydrazine groups is 2. The Balaban J connectivity index is 2.31. The van der Waals surface area contributed by atoms with Crippen LogP contribution in [0.25, 0.3) is 0 Å². The highest BCUT2D eigenvalue weighted by Crippen LogP contribution is 2.26. The molecule has 1 aliphatic rings. The summed E-state index contributed by atoms with van der Waals surface area (Å²) in [5, 5.41) is 6.61. The highest BCUT2D eigenvalue weighted by atomic mass is 32.2. The number of hydrogen-bond acceptors (Lipinski definition) is 13. The number of alkyl halides is 3. The van der Waals surface area contributed by atoms with Crippen LogP contribution in [0.4, 0.5) is 23.7 Å². The first kappa shape index (κ1) is 29.8. The Bertz CT molecular complexity index is 1240. The standard InChI is InChI=1S/C19H24F3N7O8S/c1-28(2)13-8-14(37-10-19(20,21)22)25-29(24-13)26-18(32)27-38(33,34)16-11(17(31)36-4)6-5-7-12(16)23-9-15(30)35-3/h5-8,23-24H,9-10H2,1-4H3,(H2,26,27,32). The third kappa shape index (κ3) is 8.32. The SMILES string of the molecule is COC(=O)CNc1cccc(C(=O)OC)c1S(=O)(=O)NC(=O)NN1N=C(OCC(F)(F)F)C=C(N(C)C)N1. The van der Waals surface area contributed by atoms with Gasteiger partial charge in [-0.05, 0) is 12.1 Å². The first-order valence-electron chi connectivity index (χ1n) is 10.3. The average molecular weight is 568 g/mol. The zero-order chi connectivity index (χ0) is 28.7. The zero-order valence-electron chi connectivity index (χ0n) is 20.4. The van der Waals surface area contributed by atoms with E-state index in [-0.39, 0.29) is 11.5 Å². The van der Waals surface area contributed by atoms with Crippen LogP contribution in [-0.4, -0.2) is 90.1 Å². The average Bonchev–Trinajstić information content (AvgIpc) is 2.84. The molecule has 38 heavy (non-hydrogen) atoms. The minimum atomic E-state index is -4.84. The Kier molecular flexibility index (Phi) is 9.58. The molecular weight excluding hydrogens is 543 g/mol. The number of amides is 2. The largest absolute Gasteiger partial charge is 0.468 e. The lowest BCUT2D eigenvalue weighted by Gasteiger charge is -2.29. The van der Waals surface area contributed by atoms with E-state index in [1.54, 1.807) is 4.72 Å². The van der Waals surface area contributed by atoms with Crippen LogP contribution in [0.2, 0.25) is 0 Å². The Labute approximate surface area is 214 Å². The van der Waals surface area contributed by atoms with Crippen LogP contribution in [0.1, 0.15) is 10.4 Å². The first-order valence-corrected chi connectivity index (χ1v) is 11.7. The van der Waals surface area contributed by atoms with Gasteiger partial charge in [0, 0.05) is 20.2 Å². The lowest BCUT2D eigenvalue weighted by atomic mass is 10.2. The monoisotopic (exact) mass is 567 g/mol. The summed E-state index contributed by atoms with van der Waals surface area (Å²) >= 11 is 0. The van der Waals surface area contributed by atoms with E-state index in [9.17, 15) is 36.0 Å². The molecule has 0 atom stereocenters. The number of sulfonamides is 1. The second kappa shape index (κ2) is 12.2. The summed E-state index contributed by atoms with van der Waals surface area (Å²) in [6.07, 6.45) is -3.57. The normalized spacial score (nSPS) is 13.3. The number of esters is 2. The molecule has 0 fully saturated rings. The molecule has 1 aliphatic heterocycles. The van der Waals surface area contributed by atoms with Crippen LogP contribution in [0.15, 0.2) is 40.1 Å². The van der Waals surface area contributed by atoms with Crippen molar-refractivity contribution in [2.45, 2.75) is 11.1 Å². The molecule has 4 N–H and O–H groups in total. The van der Waals surface area contributed by atoms with Crippen molar-refractivity contribution < 1.29 is 50.2 Å². The molecule has 0 saturated carbocycles. The van der Waals surface area contributed by atoms with Crippen molar-refractivity contribution >= 4 is 39.6 Å². The van der Waals surface area contributed by atoms with Crippen molar-refractivity contribution in [1.29, 1.82) is 0 Å². The smallest absolute Gasteiger partial charge is 0.422 e. The predicted molar refractivity (Wildman–Crippen MR) is 123 cm³/mol. The van der Waals surface area contributed by atoms with Crippen molar-refractivity contribution in [2.75, 3.05) is 46.8 Å². The van der Waals surface area contributed by atoms with E-state index < -0.39 is 63.7 Å². The van der Waals surface area contributed by atoms with Crippen LogP contribution in [0.3, 0.4) is 0 Å². The minimum Gasteiger partial charge on any atom is -0.468 e. The van der Waals surface area contributed by atoms with Crippen LogP contribution in [0, 0.1) is 0 Å².